The monoisotopic (exact) mass is 472 g/mol. The molecule has 8 nitrogen and oxygen atoms in total. The maximum absolute atomic E-state index is 10.8. The summed E-state index contributed by atoms with van der Waals surface area (Å²) in [6, 6.07) is 0. The van der Waals surface area contributed by atoms with Crippen molar-refractivity contribution in [2.75, 3.05) is 35.5 Å². The fourth-order valence-electron chi connectivity index (χ4n) is 4.83. The van der Waals surface area contributed by atoms with Gasteiger partial charge in [-0.15, -0.1) is 0 Å². The van der Waals surface area contributed by atoms with Crippen LogP contribution in [-0.2, 0) is 33.2 Å². The molecule has 2 fully saturated rings. The Bertz CT molecular complexity index is 634. The van der Waals surface area contributed by atoms with Crippen molar-refractivity contribution in [3.8, 4) is 0 Å². The SMILES string of the molecule is CC[C@H](OC)[C@@H](C)[C@@H]1O[C@H]1[C@H](O)[C@@H](C)/C=C/C=C(\C)[C@@H]1O[C@@H](OC)[C@H](OC)[C@@H](OC)[C@@H]1OC. The third kappa shape index (κ3) is 6.64. The van der Waals surface area contributed by atoms with Crippen LogP contribution in [0.3, 0.4) is 0 Å². The molecule has 2 saturated heterocycles. The van der Waals surface area contributed by atoms with E-state index in [-0.39, 0.29) is 48.5 Å². The number of ether oxygens (including phenoxy) is 7. The number of hydrogen-bond donors (Lipinski definition) is 1. The van der Waals surface area contributed by atoms with Crippen LogP contribution in [0, 0.1) is 11.8 Å². The zero-order valence-electron chi connectivity index (χ0n) is 21.6. The van der Waals surface area contributed by atoms with E-state index in [0.717, 1.165) is 12.0 Å². The summed E-state index contributed by atoms with van der Waals surface area (Å²) >= 11 is 0. The van der Waals surface area contributed by atoms with E-state index < -0.39 is 18.5 Å². The standard InChI is InChI=1S/C25H44O8/c1-10-17(27-5)16(4)20-21(32-20)18(26)14(2)12-11-13-15(3)19-22(28-6)23(29-7)24(30-8)25(31-9)33-19/h11-14,16-26H,10H2,1-9H3/b12-11+,15-13+/t14-,16+,17-,18+,19-,20-,21-,22+,23-,24+,25+/m0/s1. The summed E-state index contributed by atoms with van der Waals surface area (Å²) in [6.07, 6.45) is 4.20. The van der Waals surface area contributed by atoms with Crippen molar-refractivity contribution in [2.45, 2.75) is 89.2 Å². The topological polar surface area (TPSA) is 88.1 Å². The minimum atomic E-state index is -0.576. The molecule has 8 heteroatoms. The summed E-state index contributed by atoms with van der Waals surface area (Å²) in [4.78, 5) is 0. The second-order valence-corrected chi connectivity index (χ2v) is 9.01. The van der Waals surface area contributed by atoms with Crippen molar-refractivity contribution in [3.63, 3.8) is 0 Å². The molecule has 2 aliphatic heterocycles. The van der Waals surface area contributed by atoms with Crippen LogP contribution in [0.4, 0.5) is 0 Å². The lowest BCUT2D eigenvalue weighted by atomic mass is 9.91. The molecule has 0 aliphatic carbocycles. The first-order valence-electron chi connectivity index (χ1n) is 11.8. The van der Waals surface area contributed by atoms with Crippen LogP contribution < -0.4 is 0 Å². The molecule has 192 valence electrons. The summed E-state index contributed by atoms with van der Waals surface area (Å²) in [7, 11) is 8.17. The molecule has 0 radical (unpaired) electrons. The Balaban J connectivity index is 2.02. The molecule has 0 aromatic heterocycles. The van der Waals surface area contributed by atoms with Gasteiger partial charge in [0.1, 0.15) is 30.5 Å². The molecule has 2 rings (SSSR count). The molecule has 2 aliphatic rings. The highest BCUT2D eigenvalue weighted by molar-refractivity contribution is 5.19. The summed E-state index contributed by atoms with van der Waals surface area (Å²) in [5.74, 6) is 0.173. The maximum Gasteiger partial charge on any atom is 0.186 e. The lowest BCUT2D eigenvalue weighted by molar-refractivity contribution is -0.295. The summed E-state index contributed by atoms with van der Waals surface area (Å²) in [5.41, 5.74) is 0.957. The van der Waals surface area contributed by atoms with Crippen molar-refractivity contribution in [1.29, 1.82) is 0 Å². The minimum absolute atomic E-state index is 0.0295. The fourth-order valence-corrected chi connectivity index (χ4v) is 4.83. The Morgan fingerprint density at radius 2 is 1.55 bits per heavy atom. The molecule has 0 aromatic rings. The first kappa shape index (κ1) is 28.4. The Labute approximate surface area is 199 Å². The van der Waals surface area contributed by atoms with Crippen LogP contribution >= 0.6 is 0 Å². The predicted octanol–water partition coefficient (Wildman–Crippen LogP) is 2.73. The average molecular weight is 473 g/mol. The Morgan fingerprint density at radius 3 is 2.06 bits per heavy atom. The first-order valence-corrected chi connectivity index (χ1v) is 11.8. The number of methoxy groups -OCH3 is 5. The van der Waals surface area contributed by atoms with Gasteiger partial charge in [0.2, 0.25) is 0 Å². The molecule has 0 saturated carbocycles. The quantitative estimate of drug-likeness (QED) is 0.323. The lowest BCUT2D eigenvalue weighted by Crippen LogP contribution is -2.60. The van der Waals surface area contributed by atoms with Gasteiger partial charge < -0.3 is 38.3 Å². The van der Waals surface area contributed by atoms with Gasteiger partial charge in [-0.05, 0) is 18.9 Å². The molecular formula is C25H44O8. The third-order valence-electron chi connectivity index (χ3n) is 7.01. The van der Waals surface area contributed by atoms with Crippen LogP contribution in [0.25, 0.3) is 0 Å². The number of allylic oxidation sites excluding steroid dienone is 2. The summed E-state index contributed by atoms with van der Waals surface area (Å²) < 4.78 is 39.9. The van der Waals surface area contributed by atoms with E-state index in [2.05, 4.69) is 13.8 Å². The van der Waals surface area contributed by atoms with Crippen molar-refractivity contribution >= 4 is 0 Å². The Hall–Kier alpha value is -0.840. The van der Waals surface area contributed by atoms with E-state index in [1.807, 2.05) is 32.1 Å². The van der Waals surface area contributed by atoms with Gasteiger partial charge in [0, 0.05) is 47.4 Å². The van der Waals surface area contributed by atoms with Gasteiger partial charge in [-0.1, -0.05) is 39.0 Å². The number of aliphatic hydroxyl groups is 1. The molecule has 0 unspecified atom stereocenters. The smallest absolute Gasteiger partial charge is 0.186 e. The molecule has 1 N–H and O–H groups in total. The fraction of sp³-hybridized carbons (Fsp3) is 0.840. The van der Waals surface area contributed by atoms with Crippen LogP contribution in [-0.4, -0.2) is 95.8 Å². The van der Waals surface area contributed by atoms with Crippen molar-refractivity contribution in [3.05, 3.63) is 23.8 Å². The molecular weight excluding hydrogens is 428 g/mol. The molecule has 33 heavy (non-hydrogen) atoms. The van der Waals surface area contributed by atoms with E-state index in [1.165, 1.54) is 0 Å². The zero-order chi connectivity index (χ0) is 24.7. The van der Waals surface area contributed by atoms with Crippen molar-refractivity contribution in [2.24, 2.45) is 11.8 Å². The molecule has 0 amide bonds. The Kier molecular flexibility index (Phi) is 11.4. The summed E-state index contributed by atoms with van der Waals surface area (Å²) in [6.45, 7) is 8.18. The number of epoxide rings is 1. The number of aliphatic hydroxyl groups excluding tert-OH is 1. The lowest BCUT2D eigenvalue weighted by Gasteiger charge is -2.44. The van der Waals surface area contributed by atoms with E-state index in [4.69, 9.17) is 33.2 Å². The molecule has 0 aromatic carbocycles. The highest BCUT2D eigenvalue weighted by atomic mass is 16.7. The maximum atomic E-state index is 10.8. The van der Waals surface area contributed by atoms with Crippen LogP contribution in [0.5, 0.6) is 0 Å². The third-order valence-corrected chi connectivity index (χ3v) is 7.01. The minimum Gasteiger partial charge on any atom is -0.390 e. The Morgan fingerprint density at radius 1 is 0.909 bits per heavy atom. The van der Waals surface area contributed by atoms with E-state index in [9.17, 15) is 5.11 Å². The molecule has 0 bridgehead atoms. The highest BCUT2D eigenvalue weighted by Gasteiger charge is 2.50. The van der Waals surface area contributed by atoms with Gasteiger partial charge in [-0.25, -0.2) is 0 Å². The van der Waals surface area contributed by atoms with Gasteiger partial charge in [0.05, 0.1) is 18.3 Å². The summed E-state index contributed by atoms with van der Waals surface area (Å²) in [5, 5.41) is 10.8. The normalized spacial score (nSPS) is 36.5. The van der Waals surface area contributed by atoms with E-state index in [1.54, 1.807) is 35.5 Å². The second-order valence-electron chi connectivity index (χ2n) is 9.01. The molecule has 0 spiro atoms. The van der Waals surface area contributed by atoms with Gasteiger partial charge in [-0.3, -0.25) is 0 Å². The van der Waals surface area contributed by atoms with Crippen LogP contribution in [0.2, 0.25) is 0 Å². The second kappa shape index (κ2) is 13.3. The predicted molar refractivity (Wildman–Crippen MR) is 125 cm³/mol. The zero-order valence-corrected chi connectivity index (χ0v) is 21.6. The largest absolute Gasteiger partial charge is 0.390 e. The van der Waals surface area contributed by atoms with Gasteiger partial charge in [-0.2, -0.15) is 0 Å². The van der Waals surface area contributed by atoms with E-state index >= 15 is 0 Å². The molecule has 2 heterocycles. The van der Waals surface area contributed by atoms with Crippen molar-refractivity contribution in [1.82, 2.24) is 0 Å². The van der Waals surface area contributed by atoms with Crippen LogP contribution in [0.15, 0.2) is 23.8 Å². The van der Waals surface area contributed by atoms with E-state index in [0.29, 0.717) is 0 Å². The molecule has 11 atom stereocenters. The average Bonchev–Trinajstić information content (AvgIpc) is 3.63. The van der Waals surface area contributed by atoms with Gasteiger partial charge in [0.25, 0.3) is 0 Å². The van der Waals surface area contributed by atoms with Gasteiger partial charge in [0.15, 0.2) is 6.29 Å². The van der Waals surface area contributed by atoms with Gasteiger partial charge >= 0.3 is 0 Å². The number of rotatable bonds is 13. The number of hydrogen-bond acceptors (Lipinski definition) is 8. The highest BCUT2D eigenvalue weighted by Crippen LogP contribution is 2.37. The van der Waals surface area contributed by atoms with Crippen LogP contribution in [0.1, 0.15) is 34.1 Å². The first-order chi connectivity index (χ1) is 15.8. The van der Waals surface area contributed by atoms with Crippen molar-refractivity contribution < 1.29 is 38.3 Å².